The summed E-state index contributed by atoms with van der Waals surface area (Å²) in [5.74, 6) is 5.61. The van der Waals surface area contributed by atoms with Crippen molar-refractivity contribution in [2.24, 2.45) is 33.5 Å². The molecule has 750 valence electrons. The van der Waals surface area contributed by atoms with Gasteiger partial charge in [-0.1, -0.05) is 299 Å². The van der Waals surface area contributed by atoms with Crippen LogP contribution in [0.4, 0.5) is 11.4 Å². The Morgan fingerprint density at radius 2 is 0.633 bits per heavy atom. The van der Waals surface area contributed by atoms with Gasteiger partial charge in [-0.15, -0.1) is 25.2 Å². The van der Waals surface area contributed by atoms with Crippen molar-refractivity contribution in [3.8, 4) is 11.5 Å². The van der Waals surface area contributed by atoms with E-state index < -0.39 is 0 Å². The van der Waals surface area contributed by atoms with E-state index in [-0.39, 0.29) is 164 Å². The van der Waals surface area contributed by atoms with Crippen molar-refractivity contribution in [1.82, 2.24) is 9.97 Å². The van der Waals surface area contributed by atoms with E-state index in [0.29, 0.717) is 59.2 Å². The molecular formula is C104H180Br2Fe2Mn2N6O10P2-10. The van der Waals surface area contributed by atoms with Gasteiger partial charge in [-0.05, 0) is 139 Å². The molecule has 4 fully saturated rings. The molecule has 4 aromatic rings. The van der Waals surface area contributed by atoms with Crippen LogP contribution in [0.1, 0.15) is 329 Å². The van der Waals surface area contributed by atoms with Crippen molar-refractivity contribution in [1.29, 1.82) is 0 Å². The van der Waals surface area contributed by atoms with Crippen LogP contribution in [0.5, 0.6) is 11.5 Å². The number of rotatable bonds is 20. The molecule has 16 nitrogen and oxygen atoms in total. The molecule has 0 amide bonds. The number of allylic oxidation sites excluding steroid dienone is 4. The zero-order valence-electron chi connectivity index (χ0n) is 87.0. The van der Waals surface area contributed by atoms with Gasteiger partial charge in [0, 0.05) is 133 Å². The third-order valence-electron chi connectivity index (χ3n) is 20.2. The van der Waals surface area contributed by atoms with E-state index in [9.17, 15) is 0 Å². The largest absolute Gasteiger partial charge is 2.00 e. The average Bonchev–Trinajstić information content (AvgIpc) is 1.09. The Morgan fingerprint density at radius 1 is 0.406 bits per heavy atom. The second-order valence-corrected chi connectivity index (χ2v) is 43.4. The molecule has 0 bridgehead atoms. The molecule has 4 aliphatic carbocycles. The Morgan fingerprint density at radius 3 is 0.812 bits per heavy atom. The molecule has 0 spiro atoms. The number of halogens is 2. The molecule has 2 aromatic heterocycles. The maximum Gasteiger partial charge on any atom is 2.00 e. The Bertz CT molecular complexity index is 3100. The summed E-state index contributed by atoms with van der Waals surface area (Å²) in [6, 6.07) is 18.8. The van der Waals surface area contributed by atoms with Crippen molar-refractivity contribution in [3.63, 3.8) is 0 Å². The van der Waals surface area contributed by atoms with Gasteiger partial charge in [-0.3, -0.25) is 50.7 Å². The van der Waals surface area contributed by atoms with Gasteiger partial charge in [-0.2, -0.15) is 0 Å². The predicted molar refractivity (Wildman–Crippen MR) is 539 cm³/mol. The quantitative estimate of drug-likeness (QED) is 0.0266. The van der Waals surface area contributed by atoms with Crippen molar-refractivity contribution in [2.45, 2.75) is 354 Å². The van der Waals surface area contributed by atoms with Crippen LogP contribution in [-0.2, 0) is 141 Å². The van der Waals surface area contributed by atoms with E-state index in [1.54, 1.807) is 14.2 Å². The maximum absolute atomic E-state index is 7.75. The second kappa shape index (κ2) is 80.0. The third kappa shape index (κ3) is 67.1. The minimum absolute atomic E-state index is 0. The van der Waals surface area contributed by atoms with E-state index in [0.717, 1.165) is 64.4 Å². The monoisotopic (exact) mass is 2110 g/mol. The fourth-order valence-electron chi connectivity index (χ4n) is 14.6. The summed E-state index contributed by atoms with van der Waals surface area (Å²) in [6.07, 6.45) is 33.0. The molecule has 8 rings (SSSR count). The molecule has 8 atom stereocenters. The number of nitrogens with zero attached hydrogens (tertiary/aromatic N) is 6. The zero-order valence-corrected chi connectivity index (χ0v) is 96.7. The number of methoxy groups -OCH3 is 4. The van der Waals surface area contributed by atoms with Crippen LogP contribution in [0.25, 0.3) is 10.6 Å². The number of ether oxygens (including phenoxy) is 4. The fraction of sp³-hybridized carbons (Fsp3) is 0.654. The van der Waals surface area contributed by atoms with E-state index >= 15 is 0 Å². The van der Waals surface area contributed by atoms with Crippen LogP contribution in [-0.4, -0.2) is 131 Å². The Balaban J connectivity index is -0.000000108. The van der Waals surface area contributed by atoms with Crippen LogP contribution >= 0.6 is 17.2 Å². The minimum atomic E-state index is 0. The van der Waals surface area contributed by atoms with Crippen molar-refractivity contribution in [3.05, 3.63) is 159 Å². The molecule has 2 radical (unpaired) electrons. The summed E-state index contributed by atoms with van der Waals surface area (Å²) in [5.41, 5.74) is 12.3. The van der Waals surface area contributed by atoms with Crippen molar-refractivity contribution >= 4 is 79.9 Å². The summed E-state index contributed by atoms with van der Waals surface area (Å²) in [4.78, 5) is 59.9. The Hall–Kier alpha value is -3.14. The molecule has 6 unspecified atom stereocenters. The van der Waals surface area contributed by atoms with Gasteiger partial charge in [-0.25, -0.2) is 0 Å². The van der Waals surface area contributed by atoms with Crippen molar-refractivity contribution < 1.29 is 150 Å². The average molecular weight is 2120 g/mol. The van der Waals surface area contributed by atoms with Crippen LogP contribution in [0.2, 0.25) is 0 Å². The minimum Gasteiger partial charge on any atom is -1.00 e. The van der Waals surface area contributed by atoms with E-state index in [2.05, 4.69) is 317 Å². The van der Waals surface area contributed by atoms with E-state index in [1.807, 2.05) is 38.7 Å². The van der Waals surface area contributed by atoms with E-state index in [1.165, 1.54) is 147 Å². The molecule has 2 heterocycles. The first-order valence-electron chi connectivity index (χ1n) is 42.4. The Labute approximate surface area is 856 Å². The summed E-state index contributed by atoms with van der Waals surface area (Å²) in [6.45, 7) is 79.5. The normalized spacial score (nSPS) is 15.9. The fourth-order valence-corrected chi connectivity index (χ4v) is 18.3. The van der Waals surface area contributed by atoms with Gasteiger partial charge >= 0.3 is 34.1 Å². The maximum atomic E-state index is 7.75. The molecule has 0 aliphatic heterocycles. The summed E-state index contributed by atoms with van der Waals surface area (Å²) < 4.78 is 22.7. The first kappa shape index (κ1) is 156. The molecule has 2 aromatic carbocycles. The van der Waals surface area contributed by atoms with Crippen LogP contribution < -0.4 is 63.8 Å². The van der Waals surface area contributed by atoms with Gasteiger partial charge in [0.2, 0.25) is 0 Å². The second-order valence-electron chi connectivity index (χ2n) is 40.2. The number of hydrogen-bond donors (Lipinski definition) is 0. The van der Waals surface area contributed by atoms with Gasteiger partial charge < -0.3 is 132 Å². The molecular weight excluding hydrogens is 1940 g/mol. The topological polar surface area (TPSA) is 200 Å². The number of anilines is 2. The number of hydrogen-bond acceptors (Lipinski definition) is 14. The SMILES string of the molecule is C1CCCC1.C1CCCC1.CO/C(=C\C(C)(C)C)CC(C)(C)C.CO/C(=C\C(C)(C)C)CC(C)(C)C.COc1c(C(C)(C)C)cc(PC2CCCC2[C@@H](C)[N-]Cc2cc(N(C)C)ccn2)cc1C(C)(C)C.COc1c(C(C)(C)C)cc(PC2CCCC2[C@H](C)[N-]Cc2cc(N(C)C)ccn2)cc1C(C)(C)C.[Br-].[Br-].[CH-]=O.[CH-]=O.[CH-]=O.[CH-]=O.[CH-]=O.[CH-]=O.[CH3-].[CH3-].[CH3-].[CH3-].[Fe+2].[Fe+2].[Mn].[Mn]. The van der Waals surface area contributed by atoms with Gasteiger partial charge in [0.15, 0.2) is 0 Å². The van der Waals surface area contributed by atoms with E-state index in [4.69, 9.17) is 58.3 Å². The predicted octanol–water partition coefficient (Wildman–Crippen LogP) is 20.4. The standard InChI is InChI=1S/2C30H47N3OP.2C12H24O.2C5H10.6CHO.4CH3.2BrH.2Fe.2Mn/c2*1-20(32-19-21-16-22(33(8)9)14-15-31-21)24-12-11-13-27(24)35-23-17-25(29(2,3)4)28(34-10)26(18-23)30(5,6)7;2*1-11(2,3)8-10(13-7)9-12(4,5)6;2*1-2-4-5-3-1;6*1-2;;;;;;;;;;/h2*14-18,20,24,27,35H,11-13,19H2,1-10H3;2*8H,9H2,1-7H3;2*1-5H2;6*1H;4*1H3;2*1H;;;;/q2*-1;;;;;10*-1;;;2*+2;;/p-2/b;;2*10-8-;;;;;;;;;;;;;;;;;;/t2*20-,24?,27?;;;;;;;;;;;;;;;;;;;;/m10..................../s1. The molecule has 24 heteroatoms. The first-order chi connectivity index (χ1) is 54.9. The van der Waals surface area contributed by atoms with Crippen LogP contribution in [0, 0.1) is 63.2 Å². The molecule has 4 saturated carbocycles. The molecule has 0 saturated heterocycles. The number of carbonyl (C=O) groups excluding carboxylic acids is 6. The zero-order chi connectivity index (χ0) is 92.4. The van der Waals surface area contributed by atoms with Crippen LogP contribution in [0.15, 0.2) is 84.6 Å². The molecule has 0 N–H and O–H groups in total. The smallest absolute Gasteiger partial charge is 1.00 e. The first-order valence-corrected chi connectivity index (χ1v) is 44.5. The van der Waals surface area contributed by atoms with Gasteiger partial charge in [0.1, 0.15) is 11.5 Å². The molecule has 128 heavy (non-hydrogen) atoms. The number of aromatic nitrogens is 2. The summed E-state index contributed by atoms with van der Waals surface area (Å²) >= 11 is 0. The van der Waals surface area contributed by atoms with Crippen molar-refractivity contribution in [2.75, 3.05) is 66.4 Å². The number of benzene rings is 2. The summed E-state index contributed by atoms with van der Waals surface area (Å²) in [5, 5.41) is 13.2. The van der Waals surface area contributed by atoms with Gasteiger partial charge in [0.05, 0.1) is 40.0 Å². The van der Waals surface area contributed by atoms with Gasteiger partial charge in [0.25, 0.3) is 0 Å². The Kier molecular flexibility index (Phi) is 97.4. The third-order valence-corrected chi connectivity index (χ3v) is 23.7. The molecule has 4 aliphatic rings. The number of pyridine rings is 2. The summed E-state index contributed by atoms with van der Waals surface area (Å²) in [7, 11) is 17.0. The van der Waals surface area contributed by atoms with Crippen LogP contribution in [0.3, 0.4) is 0 Å².